The molecule has 0 bridgehead atoms. The molecule has 0 saturated carbocycles. The van der Waals surface area contributed by atoms with Crippen molar-refractivity contribution >= 4 is 17.0 Å². The highest BCUT2D eigenvalue weighted by Gasteiger charge is 2.13. The lowest BCUT2D eigenvalue weighted by molar-refractivity contribution is 0.0336. The molecule has 0 aliphatic carbocycles. The van der Waals surface area contributed by atoms with Crippen LogP contribution in [0.2, 0.25) is 0 Å². The van der Waals surface area contributed by atoms with Gasteiger partial charge in [-0.15, -0.1) is 0 Å². The number of nitrogens with zero attached hydrogens (tertiary/aromatic N) is 4. The molecule has 0 amide bonds. The van der Waals surface area contributed by atoms with Crippen LogP contribution < -0.4 is 4.74 Å². The fraction of sp³-hybridized carbons (Fsp3) is 0.278. The van der Waals surface area contributed by atoms with E-state index < -0.39 is 6.09 Å². The number of morpholine rings is 1. The lowest BCUT2D eigenvalue weighted by Crippen LogP contribution is -2.35. The Balaban J connectivity index is 1.50. The third kappa shape index (κ3) is 3.51. The van der Waals surface area contributed by atoms with Gasteiger partial charge in [-0.3, -0.25) is 9.47 Å². The van der Waals surface area contributed by atoms with E-state index in [1.165, 1.54) is 17.1 Å². The standard InChI is InChI=1S/C18H18N4O4/c23-18(24)22-4-3-13-9-15(1-2-16(13)22)26-17-10-14(19-12-20-17)11-21-5-7-25-8-6-21/h1-4,9-10,12H,5-8,11H2,(H,23,24). The quantitative estimate of drug-likeness (QED) is 0.770. The molecular weight excluding hydrogens is 336 g/mol. The van der Waals surface area contributed by atoms with E-state index in [1.54, 1.807) is 24.3 Å². The number of carboxylic acid groups (broad SMARTS) is 1. The van der Waals surface area contributed by atoms with Gasteiger partial charge in [0.25, 0.3) is 0 Å². The fourth-order valence-electron chi connectivity index (χ4n) is 2.98. The molecule has 1 saturated heterocycles. The summed E-state index contributed by atoms with van der Waals surface area (Å²) in [7, 11) is 0. The average molecular weight is 354 g/mol. The molecule has 1 aromatic carbocycles. The van der Waals surface area contributed by atoms with Crippen molar-refractivity contribution in [2.45, 2.75) is 6.54 Å². The maximum atomic E-state index is 11.2. The summed E-state index contributed by atoms with van der Waals surface area (Å²) in [6, 6.07) is 8.79. The molecule has 3 aromatic rings. The molecule has 0 spiro atoms. The Hall–Kier alpha value is -2.97. The van der Waals surface area contributed by atoms with Crippen molar-refractivity contribution in [3.8, 4) is 11.6 Å². The van der Waals surface area contributed by atoms with Crippen LogP contribution in [0.25, 0.3) is 10.9 Å². The number of hydrogen-bond donors (Lipinski definition) is 1. The van der Waals surface area contributed by atoms with Gasteiger partial charge in [-0.25, -0.2) is 14.8 Å². The minimum atomic E-state index is -1.02. The van der Waals surface area contributed by atoms with E-state index >= 15 is 0 Å². The summed E-state index contributed by atoms with van der Waals surface area (Å²) in [5, 5.41) is 9.93. The highest BCUT2D eigenvalue weighted by atomic mass is 16.5. The fourth-order valence-corrected chi connectivity index (χ4v) is 2.98. The number of hydrogen-bond acceptors (Lipinski definition) is 6. The normalized spacial score (nSPS) is 15.2. The minimum absolute atomic E-state index is 0.459. The third-order valence-electron chi connectivity index (χ3n) is 4.28. The molecule has 3 heterocycles. The molecule has 0 radical (unpaired) electrons. The van der Waals surface area contributed by atoms with Crippen molar-refractivity contribution < 1.29 is 19.4 Å². The Morgan fingerprint density at radius 1 is 1.19 bits per heavy atom. The first-order valence-electron chi connectivity index (χ1n) is 8.32. The van der Waals surface area contributed by atoms with E-state index in [2.05, 4.69) is 14.9 Å². The van der Waals surface area contributed by atoms with Gasteiger partial charge < -0.3 is 14.6 Å². The Kier molecular flexibility index (Phi) is 4.51. The van der Waals surface area contributed by atoms with Crippen molar-refractivity contribution in [3.63, 3.8) is 0 Å². The average Bonchev–Trinajstić information content (AvgIpc) is 3.06. The maximum absolute atomic E-state index is 11.2. The van der Waals surface area contributed by atoms with Gasteiger partial charge in [0.2, 0.25) is 5.88 Å². The van der Waals surface area contributed by atoms with E-state index in [0.29, 0.717) is 17.1 Å². The number of benzene rings is 1. The summed E-state index contributed by atoms with van der Waals surface area (Å²) >= 11 is 0. The van der Waals surface area contributed by atoms with Crippen LogP contribution in [0.15, 0.2) is 42.9 Å². The minimum Gasteiger partial charge on any atom is -0.464 e. The summed E-state index contributed by atoms with van der Waals surface area (Å²) < 4.78 is 12.4. The van der Waals surface area contributed by atoms with Crippen molar-refractivity contribution in [2.24, 2.45) is 0 Å². The predicted octanol–water partition coefficient (Wildman–Crippen LogP) is 2.58. The number of rotatable bonds is 4. The monoisotopic (exact) mass is 354 g/mol. The Morgan fingerprint density at radius 2 is 2.04 bits per heavy atom. The molecule has 8 heteroatoms. The molecule has 26 heavy (non-hydrogen) atoms. The lowest BCUT2D eigenvalue weighted by Gasteiger charge is -2.26. The topological polar surface area (TPSA) is 89.7 Å². The zero-order valence-corrected chi connectivity index (χ0v) is 14.0. The van der Waals surface area contributed by atoms with E-state index in [-0.39, 0.29) is 0 Å². The van der Waals surface area contributed by atoms with Crippen LogP contribution >= 0.6 is 0 Å². The molecule has 2 aromatic heterocycles. The first-order valence-corrected chi connectivity index (χ1v) is 8.32. The van der Waals surface area contributed by atoms with Gasteiger partial charge in [0.1, 0.15) is 12.1 Å². The number of carbonyl (C=O) groups is 1. The van der Waals surface area contributed by atoms with Gasteiger partial charge in [-0.1, -0.05) is 0 Å². The Morgan fingerprint density at radius 3 is 2.85 bits per heavy atom. The van der Waals surface area contributed by atoms with Crippen molar-refractivity contribution in [1.29, 1.82) is 0 Å². The first-order chi connectivity index (χ1) is 12.7. The Bertz CT molecular complexity index is 934. The zero-order chi connectivity index (χ0) is 17.9. The molecule has 1 aliphatic rings. The van der Waals surface area contributed by atoms with Crippen LogP contribution in [0.5, 0.6) is 11.6 Å². The van der Waals surface area contributed by atoms with Crippen LogP contribution in [0.1, 0.15) is 5.69 Å². The van der Waals surface area contributed by atoms with E-state index in [0.717, 1.165) is 43.9 Å². The van der Waals surface area contributed by atoms with Crippen molar-refractivity contribution in [3.05, 3.63) is 48.5 Å². The molecule has 0 unspecified atom stereocenters. The van der Waals surface area contributed by atoms with Gasteiger partial charge in [-0.05, 0) is 24.3 Å². The van der Waals surface area contributed by atoms with Crippen LogP contribution in [0.4, 0.5) is 4.79 Å². The van der Waals surface area contributed by atoms with Gasteiger partial charge in [0.15, 0.2) is 0 Å². The SMILES string of the molecule is O=C(O)n1ccc2cc(Oc3cc(CN4CCOCC4)ncn3)ccc21. The number of ether oxygens (including phenoxy) is 2. The van der Waals surface area contributed by atoms with Crippen molar-refractivity contribution in [1.82, 2.24) is 19.4 Å². The number of aromatic nitrogens is 3. The summed E-state index contributed by atoms with van der Waals surface area (Å²) in [4.78, 5) is 21.9. The molecule has 0 atom stereocenters. The molecule has 8 nitrogen and oxygen atoms in total. The summed E-state index contributed by atoms with van der Waals surface area (Å²) in [5.74, 6) is 1.05. The first kappa shape index (κ1) is 16.5. The van der Waals surface area contributed by atoms with Gasteiger partial charge in [-0.2, -0.15) is 0 Å². The summed E-state index contributed by atoms with van der Waals surface area (Å²) in [6.45, 7) is 3.98. The second-order valence-electron chi connectivity index (χ2n) is 6.03. The van der Waals surface area contributed by atoms with Gasteiger partial charge >= 0.3 is 6.09 Å². The molecule has 1 fully saturated rings. The predicted molar refractivity (Wildman–Crippen MR) is 93.6 cm³/mol. The van der Waals surface area contributed by atoms with E-state index in [9.17, 15) is 4.79 Å². The van der Waals surface area contributed by atoms with Gasteiger partial charge in [0.05, 0.1) is 24.4 Å². The van der Waals surface area contributed by atoms with Crippen LogP contribution in [-0.4, -0.2) is 56.9 Å². The third-order valence-corrected chi connectivity index (χ3v) is 4.28. The van der Waals surface area contributed by atoms with E-state index in [1.807, 2.05) is 6.07 Å². The molecular formula is C18H18N4O4. The lowest BCUT2D eigenvalue weighted by atomic mass is 10.2. The second-order valence-corrected chi connectivity index (χ2v) is 6.03. The molecule has 1 aliphatic heterocycles. The van der Waals surface area contributed by atoms with Crippen LogP contribution in [0, 0.1) is 0 Å². The maximum Gasteiger partial charge on any atom is 0.415 e. The molecule has 1 N–H and O–H groups in total. The summed E-state index contributed by atoms with van der Waals surface area (Å²) in [6.07, 6.45) is 1.99. The van der Waals surface area contributed by atoms with E-state index in [4.69, 9.17) is 14.6 Å². The highest BCUT2D eigenvalue weighted by Crippen LogP contribution is 2.25. The second kappa shape index (κ2) is 7.11. The zero-order valence-electron chi connectivity index (χ0n) is 14.0. The van der Waals surface area contributed by atoms with Crippen LogP contribution in [0.3, 0.4) is 0 Å². The smallest absolute Gasteiger partial charge is 0.415 e. The van der Waals surface area contributed by atoms with Crippen molar-refractivity contribution in [2.75, 3.05) is 26.3 Å². The molecule has 4 rings (SSSR count). The largest absolute Gasteiger partial charge is 0.464 e. The number of fused-ring (bicyclic) bond motifs is 1. The highest BCUT2D eigenvalue weighted by molar-refractivity contribution is 5.89. The molecule has 134 valence electrons. The van der Waals surface area contributed by atoms with Crippen LogP contribution in [-0.2, 0) is 11.3 Å². The Labute approximate surface area is 149 Å². The van der Waals surface area contributed by atoms with Gasteiger partial charge in [0, 0.05) is 37.3 Å². The summed E-state index contributed by atoms with van der Waals surface area (Å²) in [5.41, 5.74) is 1.50.